The first-order valence-electron chi connectivity index (χ1n) is 9.24. The molecule has 0 bridgehead atoms. The van der Waals surface area contributed by atoms with Crippen molar-refractivity contribution in [1.82, 2.24) is 14.7 Å². The normalized spacial score (nSPS) is 20.0. The number of rotatable bonds is 6. The summed E-state index contributed by atoms with van der Waals surface area (Å²) in [5, 5.41) is 18.4. The minimum atomic E-state index is -0.271. The first-order chi connectivity index (χ1) is 12.6. The molecule has 2 aliphatic rings. The maximum atomic E-state index is 12.6. The molecule has 1 N–H and O–H groups in total. The fraction of sp³-hybridized carbons (Fsp3) is 0.722. The van der Waals surface area contributed by atoms with Gasteiger partial charge in [-0.05, 0) is 19.8 Å². The van der Waals surface area contributed by atoms with Gasteiger partial charge in [0, 0.05) is 52.0 Å². The maximum absolute atomic E-state index is 12.6. The SMILES string of the molecule is CCOC(=O)C1CCN(C(=O)/C(C#N)=C\N2CCN(CCO)CC2)CC1. The van der Waals surface area contributed by atoms with Gasteiger partial charge in [0.2, 0.25) is 0 Å². The van der Waals surface area contributed by atoms with Crippen LogP contribution in [0.25, 0.3) is 0 Å². The predicted molar refractivity (Wildman–Crippen MR) is 94.7 cm³/mol. The topological polar surface area (TPSA) is 97.1 Å². The number of hydrogen-bond donors (Lipinski definition) is 1. The number of piperidine rings is 1. The Labute approximate surface area is 154 Å². The molecule has 0 saturated carbocycles. The van der Waals surface area contributed by atoms with Gasteiger partial charge in [-0.15, -0.1) is 0 Å². The Balaban J connectivity index is 1.87. The zero-order valence-corrected chi connectivity index (χ0v) is 15.4. The van der Waals surface area contributed by atoms with Gasteiger partial charge in [-0.3, -0.25) is 14.5 Å². The van der Waals surface area contributed by atoms with Crippen LogP contribution in [0.2, 0.25) is 0 Å². The molecule has 2 saturated heterocycles. The summed E-state index contributed by atoms with van der Waals surface area (Å²) in [5.41, 5.74) is 0.134. The zero-order valence-electron chi connectivity index (χ0n) is 15.4. The van der Waals surface area contributed by atoms with Crippen LogP contribution in [0.3, 0.4) is 0 Å². The summed E-state index contributed by atoms with van der Waals surface area (Å²) in [5.74, 6) is -0.628. The van der Waals surface area contributed by atoms with E-state index in [0.717, 1.165) is 26.2 Å². The molecule has 8 heteroatoms. The van der Waals surface area contributed by atoms with E-state index in [1.165, 1.54) is 0 Å². The molecule has 0 aromatic heterocycles. The fourth-order valence-corrected chi connectivity index (χ4v) is 3.32. The zero-order chi connectivity index (χ0) is 18.9. The van der Waals surface area contributed by atoms with E-state index in [9.17, 15) is 14.9 Å². The summed E-state index contributed by atoms with van der Waals surface area (Å²) < 4.78 is 5.04. The molecular weight excluding hydrogens is 336 g/mol. The molecule has 0 unspecified atom stereocenters. The highest BCUT2D eigenvalue weighted by atomic mass is 16.5. The Kier molecular flexibility index (Phi) is 7.88. The summed E-state index contributed by atoms with van der Waals surface area (Å²) in [6.07, 6.45) is 2.79. The minimum Gasteiger partial charge on any atom is -0.466 e. The number of β-amino-alcohol motifs (C(OH)–C–C–N with tert-alkyl or cyclic N) is 1. The highest BCUT2D eigenvalue weighted by molar-refractivity contribution is 5.97. The lowest BCUT2D eigenvalue weighted by Crippen LogP contribution is -2.45. The van der Waals surface area contributed by atoms with Crippen molar-refractivity contribution in [2.45, 2.75) is 19.8 Å². The maximum Gasteiger partial charge on any atom is 0.309 e. The molecule has 0 aliphatic carbocycles. The van der Waals surface area contributed by atoms with E-state index in [1.54, 1.807) is 18.0 Å². The van der Waals surface area contributed by atoms with E-state index in [1.807, 2.05) is 11.0 Å². The van der Waals surface area contributed by atoms with Gasteiger partial charge in [0.1, 0.15) is 11.6 Å². The number of aliphatic hydroxyl groups is 1. The molecule has 2 heterocycles. The second kappa shape index (κ2) is 10.1. The smallest absolute Gasteiger partial charge is 0.309 e. The third-order valence-electron chi connectivity index (χ3n) is 4.89. The molecule has 1 amide bonds. The largest absolute Gasteiger partial charge is 0.466 e. The van der Waals surface area contributed by atoms with Gasteiger partial charge in [-0.2, -0.15) is 5.26 Å². The average Bonchev–Trinajstić information content (AvgIpc) is 2.67. The number of nitriles is 1. The van der Waals surface area contributed by atoms with Crippen LogP contribution in [0.1, 0.15) is 19.8 Å². The van der Waals surface area contributed by atoms with Crippen LogP contribution in [0, 0.1) is 17.2 Å². The van der Waals surface area contributed by atoms with Gasteiger partial charge >= 0.3 is 5.97 Å². The number of aliphatic hydroxyl groups excluding tert-OH is 1. The third-order valence-corrected chi connectivity index (χ3v) is 4.89. The molecule has 2 rings (SSSR count). The molecule has 0 aromatic carbocycles. The monoisotopic (exact) mass is 364 g/mol. The number of esters is 1. The molecular formula is C18H28N4O4. The molecule has 26 heavy (non-hydrogen) atoms. The van der Waals surface area contributed by atoms with Gasteiger partial charge in [-0.25, -0.2) is 0 Å². The number of hydrogen-bond acceptors (Lipinski definition) is 7. The number of amides is 1. The summed E-state index contributed by atoms with van der Waals surface area (Å²) >= 11 is 0. The Bertz CT molecular complexity index is 556. The third kappa shape index (κ3) is 5.44. The van der Waals surface area contributed by atoms with Gasteiger partial charge in [0.15, 0.2) is 0 Å². The Hall–Kier alpha value is -2.11. The van der Waals surface area contributed by atoms with E-state index < -0.39 is 0 Å². The average molecular weight is 364 g/mol. The molecule has 0 spiro atoms. The predicted octanol–water partition coefficient (Wildman–Crippen LogP) is -0.195. The van der Waals surface area contributed by atoms with Gasteiger partial charge < -0.3 is 19.6 Å². The van der Waals surface area contributed by atoms with Crippen LogP contribution in [-0.4, -0.2) is 90.7 Å². The van der Waals surface area contributed by atoms with Crippen molar-refractivity contribution in [1.29, 1.82) is 5.26 Å². The summed E-state index contributed by atoms with van der Waals surface area (Å²) in [7, 11) is 0. The highest BCUT2D eigenvalue weighted by Crippen LogP contribution is 2.20. The Morgan fingerprint density at radius 1 is 1.19 bits per heavy atom. The number of nitrogens with zero attached hydrogens (tertiary/aromatic N) is 4. The van der Waals surface area contributed by atoms with E-state index >= 15 is 0 Å². The second-order valence-electron chi connectivity index (χ2n) is 6.57. The summed E-state index contributed by atoms with van der Waals surface area (Å²) in [6, 6.07) is 2.02. The van der Waals surface area contributed by atoms with Crippen molar-refractivity contribution in [3.8, 4) is 6.07 Å². The lowest BCUT2D eigenvalue weighted by Gasteiger charge is -2.34. The summed E-state index contributed by atoms with van der Waals surface area (Å²) in [6.45, 7) is 6.92. The van der Waals surface area contributed by atoms with Crippen molar-refractivity contribution in [2.75, 3.05) is 59.0 Å². The van der Waals surface area contributed by atoms with E-state index in [2.05, 4.69) is 4.90 Å². The van der Waals surface area contributed by atoms with Crippen LogP contribution in [0.15, 0.2) is 11.8 Å². The highest BCUT2D eigenvalue weighted by Gasteiger charge is 2.29. The van der Waals surface area contributed by atoms with E-state index in [4.69, 9.17) is 9.84 Å². The number of ether oxygens (including phenoxy) is 1. The van der Waals surface area contributed by atoms with E-state index in [-0.39, 0.29) is 30.0 Å². The van der Waals surface area contributed by atoms with Crippen molar-refractivity contribution in [3.63, 3.8) is 0 Å². The number of carbonyl (C=O) groups excluding carboxylic acids is 2. The standard InChI is InChI=1S/C18H28N4O4/c1-2-26-18(25)15-3-5-22(6-4-15)17(24)16(13-19)14-21-9-7-20(8-10-21)11-12-23/h14-15,23H,2-12H2,1H3/b16-14-. The van der Waals surface area contributed by atoms with Gasteiger partial charge in [-0.1, -0.05) is 0 Å². The number of carbonyl (C=O) groups is 2. The minimum absolute atomic E-state index is 0.134. The van der Waals surface area contributed by atoms with Crippen LogP contribution in [-0.2, 0) is 14.3 Å². The summed E-state index contributed by atoms with van der Waals surface area (Å²) in [4.78, 5) is 30.2. The van der Waals surface area contributed by atoms with Crippen LogP contribution < -0.4 is 0 Å². The molecule has 2 fully saturated rings. The van der Waals surface area contributed by atoms with Crippen LogP contribution in [0.4, 0.5) is 0 Å². The van der Waals surface area contributed by atoms with Crippen molar-refractivity contribution < 1.29 is 19.4 Å². The molecule has 8 nitrogen and oxygen atoms in total. The Morgan fingerprint density at radius 3 is 2.38 bits per heavy atom. The number of piperazine rings is 1. The van der Waals surface area contributed by atoms with Crippen molar-refractivity contribution in [2.24, 2.45) is 5.92 Å². The molecule has 144 valence electrons. The van der Waals surface area contributed by atoms with Gasteiger partial charge in [0.05, 0.1) is 19.1 Å². The first-order valence-corrected chi connectivity index (χ1v) is 9.24. The van der Waals surface area contributed by atoms with E-state index in [0.29, 0.717) is 39.1 Å². The Morgan fingerprint density at radius 2 is 1.85 bits per heavy atom. The number of likely N-dealkylation sites (tertiary alicyclic amines) is 1. The lowest BCUT2D eigenvalue weighted by molar-refractivity contribution is -0.150. The molecule has 0 atom stereocenters. The van der Waals surface area contributed by atoms with Crippen LogP contribution >= 0.6 is 0 Å². The van der Waals surface area contributed by atoms with Crippen molar-refractivity contribution >= 4 is 11.9 Å². The molecule has 0 radical (unpaired) electrons. The first kappa shape index (κ1) is 20.2. The second-order valence-corrected chi connectivity index (χ2v) is 6.57. The van der Waals surface area contributed by atoms with Gasteiger partial charge in [0.25, 0.3) is 5.91 Å². The van der Waals surface area contributed by atoms with Crippen LogP contribution in [0.5, 0.6) is 0 Å². The molecule has 0 aromatic rings. The van der Waals surface area contributed by atoms with Crippen molar-refractivity contribution in [3.05, 3.63) is 11.8 Å². The lowest BCUT2D eigenvalue weighted by atomic mass is 9.96. The fourth-order valence-electron chi connectivity index (χ4n) is 3.32. The molecule has 2 aliphatic heterocycles. The quantitative estimate of drug-likeness (QED) is 0.396.